The molecular weight excluding hydrogens is 362 g/mol. The molecule has 142 valence electrons. The SMILES string of the molecule is Cc1ccccc1C(=O)NCCC(=O)N1CCN(c2cccc(Cl)c2)CC1. The number of hydrogen-bond acceptors (Lipinski definition) is 3. The summed E-state index contributed by atoms with van der Waals surface area (Å²) >= 11 is 6.05. The van der Waals surface area contributed by atoms with Crippen LogP contribution in [0, 0.1) is 6.92 Å². The molecule has 27 heavy (non-hydrogen) atoms. The predicted octanol–water partition coefficient (Wildman–Crippen LogP) is 3.12. The van der Waals surface area contributed by atoms with E-state index in [-0.39, 0.29) is 11.8 Å². The zero-order valence-corrected chi connectivity index (χ0v) is 16.2. The van der Waals surface area contributed by atoms with E-state index in [0.717, 1.165) is 29.4 Å². The van der Waals surface area contributed by atoms with E-state index in [1.165, 1.54) is 0 Å². The first-order chi connectivity index (χ1) is 13.0. The third-order valence-corrected chi connectivity index (χ3v) is 5.05. The number of amides is 2. The molecule has 5 nitrogen and oxygen atoms in total. The summed E-state index contributed by atoms with van der Waals surface area (Å²) in [7, 11) is 0. The van der Waals surface area contributed by atoms with Gasteiger partial charge in [0.25, 0.3) is 5.91 Å². The molecule has 0 saturated carbocycles. The fraction of sp³-hybridized carbons (Fsp3) is 0.333. The van der Waals surface area contributed by atoms with E-state index in [9.17, 15) is 9.59 Å². The standard InChI is InChI=1S/C21H24ClN3O2/c1-16-5-2-3-8-19(16)21(27)23-10-9-20(26)25-13-11-24(12-14-25)18-7-4-6-17(22)15-18/h2-8,15H,9-14H2,1H3,(H,23,27). The largest absolute Gasteiger partial charge is 0.368 e. The number of carbonyl (C=O) groups excluding carboxylic acids is 2. The van der Waals surface area contributed by atoms with Gasteiger partial charge in [-0.15, -0.1) is 0 Å². The Morgan fingerprint density at radius 3 is 2.48 bits per heavy atom. The fourth-order valence-electron chi connectivity index (χ4n) is 3.25. The average molecular weight is 386 g/mol. The third kappa shape index (κ3) is 5.01. The van der Waals surface area contributed by atoms with Crippen molar-refractivity contribution in [1.82, 2.24) is 10.2 Å². The van der Waals surface area contributed by atoms with Crippen LogP contribution in [0.1, 0.15) is 22.3 Å². The molecule has 0 atom stereocenters. The fourth-order valence-corrected chi connectivity index (χ4v) is 3.44. The highest BCUT2D eigenvalue weighted by molar-refractivity contribution is 6.30. The van der Waals surface area contributed by atoms with Crippen LogP contribution < -0.4 is 10.2 Å². The van der Waals surface area contributed by atoms with Crippen molar-refractivity contribution in [1.29, 1.82) is 0 Å². The number of aryl methyl sites for hydroxylation is 1. The molecule has 0 bridgehead atoms. The van der Waals surface area contributed by atoms with E-state index in [4.69, 9.17) is 11.6 Å². The van der Waals surface area contributed by atoms with Gasteiger partial charge in [0.15, 0.2) is 0 Å². The second kappa shape index (κ2) is 8.91. The number of hydrogen-bond donors (Lipinski definition) is 1. The number of rotatable bonds is 5. The van der Waals surface area contributed by atoms with Crippen molar-refractivity contribution in [2.24, 2.45) is 0 Å². The van der Waals surface area contributed by atoms with Crippen LogP contribution in [0.3, 0.4) is 0 Å². The summed E-state index contributed by atoms with van der Waals surface area (Å²) < 4.78 is 0. The van der Waals surface area contributed by atoms with Crippen molar-refractivity contribution >= 4 is 29.1 Å². The average Bonchev–Trinajstić information content (AvgIpc) is 2.68. The van der Waals surface area contributed by atoms with Gasteiger partial charge in [0, 0.05) is 55.4 Å². The molecule has 1 aliphatic rings. The molecular formula is C21H24ClN3O2. The number of piperazine rings is 1. The molecule has 0 aromatic heterocycles. The molecule has 1 N–H and O–H groups in total. The highest BCUT2D eigenvalue weighted by Gasteiger charge is 2.21. The van der Waals surface area contributed by atoms with Crippen molar-refractivity contribution in [3.05, 3.63) is 64.7 Å². The van der Waals surface area contributed by atoms with Gasteiger partial charge >= 0.3 is 0 Å². The lowest BCUT2D eigenvalue weighted by molar-refractivity contribution is -0.131. The van der Waals surface area contributed by atoms with Crippen molar-refractivity contribution in [3.63, 3.8) is 0 Å². The third-order valence-electron chi connectivity index (χ3n) is 4.82. The first kappa shape index (κ1) is 19.2. The van der Waals surface area contributed by atoms with Crippen LogP contribution in [0.5, 0.6) is 0 Å². The highest BCUT2D eigenvalue weighted by Crippen LogP contribution is 2.20. The summed E-state index contributed by atoms with van der Waals surface area (Å²) in [6.07, 6.45) is 0.314. The normalized spacial score (nSPS) is 14.1. The Morgan fingerprint density at radius 1 is 1.04 bits per heavy atom. The molecule has 0 aliphatic carbocycles. The van der Waals surface area contributed by atoms with Crippen molar-refractivity contribution < 1.29 is 9.59 Å². The molecule has 2 aromatic carbocycles. The van der Waals surface area contributed by atoms with E-state index >= 15 is 0 Å². The van der Waals surface area contributed by atoms with E-state index in [1.54, 1.807) is 6.07 Å². The Hall–Kier alpha value is -2.53. The number of carbonyl (C=O) groups is 2. The lowest BCUT2D eigenvalue weighted by Gasteiger charge is -2.36. The summed E-state index contributed by atoms with van der Waals surface area (Å²) in [6, 6.07) is 15.2. The van der Waals surface area contributed by atoms with Gasteiger partial charge in [0.2, 0.25) is 5.91 Å². The van der Waals surface area contributed by atoms with Crippen LogP contribution in [0.2, 0.25) is 5.02 Å². The van der Waals surface area contributed by atoms with Crippen LogP contribution >= 0.6 is 11.6 Å². The number of halogens is 1. The lowest BCUT2D eigenvalue weighted by Crippen LogP contribution is -2.49. The molecule has 0 spiro atoms. The summed E-state index contributed by atoms with van der Waals surface area (Å²) in [4.78, 5) is 28.7. The second-order valence-corrected chi connectivity index (χ2v) is 7.10. The smallest absolute Gasteiger partial charge is 0.251 e. The van der Waals surface area contributed by atoms with E-state index in [1.807, 2.05) is 54.3 Å². The molecule has 6 heteroatoms. The van der Waals surface area contributed by atoms with Crippen LogP contribution in [-0.4, -0.2) is 49.4 Å². The molecule has 1 heterocycles. The molecule has 0 unspecified atom stereocenters. The van der Waals surface area contributed by atoms with E-state index in [2.05, 4.69) is 10.2 Å². The molecule has 3 rings (SSSR count). The molecule has 2 aromatic rings. The second-order valence-electron chi connectivity index (χ2n) is 6.67. The van der Waals surface area contributed by atoms with Gasteiger partial charge < -0.3 is 15.1 Å². The van der Waals surface area contributed by atoms with Gasteiger partial charge in [0.05, 0.1) is 0 Å². The summed E-state index contributed by atoms with van der Waals surface area (Å²) in [5, 5.41) is 3.56. The zero-order valence-electron chi connectivity index (χ0n) is 15.5. The number of anilines is 1. The van der Waals surface area contributed by atoms with Crippen LogP contribution in [0.25, 0.3) is 0 Å². The first-order valence-electron chi connectivity index (χ1n) is 9.17. The van der Waals surface area contributed by atoms with Gasteiger partial charge in [-0.1, -0.05) is 35.9 Å². The van der Waals surface area contributed by atoms with Gasteiger partial charge in [-0.2, -0.15) is 0 Å². The van der Waals surface area contributed by atoms with Crippen LogP contribution in [0.4, 0.5) is 5.69 Å². The van der Waals surface area contributed by atoms with E-state index < -0.39 is 0 Å². The Morgan fingerprint density at radius 2 is 1.78 bits per heavy atom. The van der Waals surface area contributed by atoms with Crippen LogP contribution in [0.15, 0.2) is 48.5 Å². The maximum atomic E-state index is 12.4. The minimum atomic E-state index is -0.133. The lowest BCUT2D eigenvalue weighted by atomic mass is 10.1. The van der Waals surface area contributed by atoms with Crippen molar-refractivity contribution in [2.45, 2.75) is 13.3 Å². The number of nitrogens with one attached hydrogen (secondary N) is 1. The van der Waals surface area contributed by atoms with Gasteiger partial charge in [-0.3, -0.25) is 9.59 Å². The summed E-state index contributed by atoms with van der Waals surface area (Å²) in [6.45, 7) is 5.16. The van der Waals surface area contributed by atoms with Crippen molar-refractivity contribution in [3.8, 4) is 0 Å². The Kier molecular flexibility index (Phi) is 6.35. The zero-order chi connectivity index (χ0) is 19.2. The monoisotopic (exact) mass is 385 g/mol. The first-order valence-corrected chi connectivity index (χ1v) is 9.54. The molecule has 1 aliphatic heterocycles. The van der Waals surface area contributed by atoms with Crippen molar-refractivity contribution in [2.75, 3.05) is 37.6 Å². The topological polar surface area (TPSA) is 52.7 Å². The number of benzene rings is 2. The number of nitrogens with zero attached hydrogens (tertiary/aromatic N) is 2. The summed E-state index contributed by atoms with van der Waals surface area (Å²) in [5.74, 6) is -0.0579. The van der Waals surface area contributed by atoms with Gasteiger partial charge in [-0.25, -0.2) is 0 Å². The Balaban J connectivity index is 1.43. The maximum absolute atomic E-state index is 12.4. The molecule has 1 fully saturated rings. The highest BCUT2D eigenvalue weighted by atomic mass is 35.5. The van der Waals surface area contributed by atoms with Gasteiger partial charge in [0.1, 0.15) is 0 Å². The predicted molar refractivity (Wildman–Crippen MR) is 108 cm³/mol. The molecule has 2 amide bonds. The molecule has 1 saturated heterocycles. The molecule has 0 radical (unpaired) electrons. The summed E-state index contributed by atoms with van der Waals surface area (Å²) in [5.41, 5.74) is 2.67. The Labute approximate surface area is 164 Å². The Bertz CT molecular complexity index is 817. The van der Waals surface area contributed by atoms with E-state index in [0.29, 0.717) is 31.6 Å². The van der Waals surface area contributed by atoms with Crippen LogP contribution in [-0.2, 0) is 4.79 Å². The van der Waals surface area contributed by atoms with Gasteiger partial charge in [-0.05, 0) is 36.8 Å². The maximum Gasteiger partial charge on any atom is 0.251 e. The quantitative estimate of drug-likeness (QED) is 0.860. The minimum absolute atomic E-state index is 0.0748. The minimum Gasteiger partial charge on any atom is -0.368 e.